The summed E-state index contributed by atoms with van der Waals surface area (Å²) in [6, 6.07) is 12.3. The predicted molar refractivity (Wildman–Crippen MR) is 105 cm³/mol. The Balaban J connectivity index is 2.23. The number of ether oxygens (including phenoxy) is 4. The minimum absolute atomic E-state index is 0.141. The molecule has 0 bridgehead atoms. The average Bonchev–Trinajstić information content (AvgIpc) is 2.73. The van der Waals surface area contributed by atoms with Crippen LogP contribution in [-0.2, 0) is 9.53 Å². The van der Waals surface area contributed by atoms with Crippen molar-refractivity contribution in [2.45, 2.75) is 20.0 Å². The average molecular weight is 387 g/mol. The van der Waals surface area contributed by atoms with E-state index in [-0.39, 0.29) is 23.0 Å². The van der Waals surface area contributed by atoms with Crippen LogP contribution in [-0.4, -0.2) is 45.9 Å². The number of rotatable bonds is 8. The van der Waals surface area contributed by atoms with Crippen molar-refractivity contribution in [1.29, 1.82) is 0 Å². The Kier molecular flexibility index (Phi) is 7.26. The number of carbonyl (C=O) groups excluding carboxylic acids is 2. The second-order valence-corrected chi connectivity index (χ2v) is 5.85. The molecule has 7 heteroatoms. The third-order valence-corrected chi connectivity index (χ3v) is 4.21. The van der Waals surface area contributed by atoms with Gasteiger partial charge in [0.05, 0.1) is 21.3 Å². The van der Waals surface area contributed by atoms with Gasteiger partial charge in [0, 0.05) is 12.2 Å². The lowest BCUT2D eigenvalue weighted by Gasteiger charge is -2.24. The number of benzene rings is 2. The van der Waals surface area contributed by atoms with Gasteiger partial charge in [-0.25, -0.2) is 4.79 Å². The van der Waals surface area contributed by atoms with Crippen LogP contribution in [0.3, 0.4) is 0 Å². The van der Waals surface area contributed by atoms with Crippen molar-refractivity contribution < 1.29 is 28.5 Å². The summed E-state index contributed by atoms with van der Waals surface area (Å²) in [5.41, 5.74) is 0.879. The number of esters is 1. The third kappa shape index (κ3) is 4.36. The molecule has 0 aliphatic carbocycles. The summed E-state index contributed by atoms with van der Waals surface area (Å²) in [6.45, 7) is 3.85. The van der Waals surface area contributed by atoms with Crippen LogP contribution < -0.4 is 19.1 Å². The van der Waals surface area contributed by atoms with Crippen LogP contribution >= 0.6 is 0 Å². The van der Waals surface area contributed by atoms with Gasteiger partial charge >= 0.3 is 5.97 Å². The highest BCUT2D eigenvalue weighted by atomic mass is 16.6. The van der Waals surface area contributed by atoms with Crippen molar-refractivity contribution in [1.82, 2.24) is 0 Å². The van der Waals surface area contributed by atoms with Gasteiger partial charge in [-0.3, -0.25) is 4.79 Å². The van der Waals surface area contributed by atoms with E-state index >= 15 is 0 Å². The van der Waals surface area contributed by atoms with E-state index in [1.54, 1.807) is 17.9 Å². The molecule has 0 spiro atoms. The van der Waals surface area contributed by atoms with Gasteiger partial charge in [-0.15, -0.1) is 0 Å². The predicted octanol–water partition coefficient (Wildman–Crippen LogP) is 3.31. The molecule has 0 fully saturated rings. The molecule has 2 aromatic rings. The molecule has 0 heterocycles. The molecule has 0 unspecified atom stereocenters. The normalized spacial score (nSPS) is 11.3. The number of carbonyl (C=O) groups is 2. The van der Waals surface area contributed by atoms with Crippen LogP contribution in [0.15, 0.2) is 42.5 Å². The zero-order valence-corrected chi connectivity index (χ0v) is 16.7. The number of hydrogen-bond acceptors (Lipinski definition) is 6. The lowest BCUT2D eigenvalue weighted by atomic mass is 10.1. The second-order valence-electron chi connectivity index (χ2n) is 5.85. The van der Waals surface area contributed by atoms with E-state index in [9.17, 15) is 9.59 Å². The largest absolute Gasteiger partial charge is 0.493 e. The number of nitrogens with zero attached hydrogens (tertiary/aromatic N) is 1. The molecule has 0 saturated heterocycles. The van der Waals surface area contributed by atoms with Gasteiger partial charge in [0.15, 0.2) is 17.6 Å². The fourth-order valence-corrected chi connectivity index (χ4v) is 2.83. The molecule has 1 amide bonds. The number of anilines is 1. The van der Waals surface area contributed by atoms with Gasteiger partial charge in [0.1, 0.15) is 5.56 Å². The summed E-state index contributed by atoms with van der Waals surface area (Å²) in [5, 5.41) is 0. The smallest absolute Gasteiger partial charge is 0.342 e. The lowest BCUT2D eigenvalue weighted by Crippen LogP contribution is -2.40. The van der Waals surface area contributed by atoms with Crippen molar-refractivity contribution in [2.75, 3.05) is 32.8 Å². The van der Waals surface area contributed by atoms with Gasteiger partial charge in [0.2, 0.25) is 5.75 Å². The summed E-state index contributed by atoms with van der Waals surface area (Å²) in [6.07, 6.45) is -0.981. The Morgan fingerprint density at radius 2 is 1.57 bits per heavy atom. The number of methoxy groups -OCH3 is 3. The van der Waals surface area contributed by atoms with Crippen molar-refractivity contribution in [3.63, 3.8) is 0 Å². The standard InChI is InChI=1S/C21H25NO6/c1-6-22(15-10-8-7-9-11-15)20(23)14(2)28-21(24)16-12-13-17(25-3)19(27-5)18(16)26-4/h7-14H,6H2,1-5H3/t14-/m0/s1. The molecule has 2 aromatic carbocycles. The van der Waals surface area contributed by atoms with Crippen LogP contribution in [0.25, 0.3) is 0 Å². The molecule has 2 rings (SSSR count). The number of para-hydroxylation sites is 1. The summed E-state index contributed by atoms with van der Waals surface area (Å²) in [5.74, 6) is -0.134. The quantitative estimate of drug-likeness (QED) is 0.647. The molecule has 7 nitrogen and oxygen atoms in total. The van der Waals surface area contributed by atoms with Crippen molar-refractivity contribution in [2.24, 2.45) is 0 Å². The van der Waals surface area contributed by atoms with E-state index in [2.05, 4.69) is 0 Å². The minimum atomic E-state index is -0.981. The zero-order chi connectivity index (χ0) is 20.7. The summed E-state index contributed by atoms with van der Waals surface area (Å²) in [4.78, 5) is 27.0. The summed E-state index contributed by atoms with van der Waals surface area (Å²) in [7, 11) is 4.34. The first kappa shape index (κ1) is 21.1. The fraction of sp³-hybridized carbons (Fsp3) is 0.333. The zero-order valence-electron chi connectivity index (χ0n) is 16.7. The minimum Gasteiger partial charge on any atom is -0.493 e. The highest BCUT2D eigenvalue weighted by Gasteiger charge is 2.27. The molecule has 0 radical (unpaired) electrons. The second kappa shape index (κ2) is 9.64. The van der Waals surface area contributed by atoms with Gasteiger partial charge in [-0.2, -0.15) is 0 Å². The summed E-state index contributed by atoms with van der Waals surface area (Å²) < 4.78 is 21.2. The van der Waals surface area contributed by atoms with E-state index in [0.717, 1.165) is 5.69 Å². The molecule has 1 atom stereocenters. The maximum atomic E-state index is 12.8. The lowest BCUT2D eigenvalue weighted by molar-refractivity contribution is -0.126. The van der Waals surface area contributed by atoms with E-state index in [1.807, 2.05) is 37.3 Å². The maximum Gasteiger partial charge on any atom is 0.342 e. The van der Waals surface area contributed by atoms with E-state index in [0.29, 0.717) is 12.3 Å². The molecule has 150 valence electrons. The van der Waals surface area contributed by atoms with Crippen LogP contribution in [0.2, 0.25) is 0 Å². The third-order valence-electron chi connectivity index (χ3n) is 4.21. The molecular formula is C21H25NO6. The molecule has 0 aromatic heterocycles. The van der Waals surface area contributed by atoms with Gasteiger partial charge < -0.3 is 23.8 Å². The highest BCUT2D eigenvalue weighted by Crippen LogP contribution is 2.40. The molecular weight excluding hydrogens is 362 g/mol. The van der Waals surface area contributed by atoms with E-state index < -0.39 is 12.1 Å². The summed E-state index contributed by atoms with van der Waals surface area (Å²) >= 11 is 0. The monoisotopic (exact) mass is 387 g/mol. The van der Waals surface area contributed by atoms with Crippen molar-refractivity contribution in [3.8, 4) is 17.2 Å². The molecule has 28 heavy (non-hydrogen) atoms. The van der Waals surface area contributed by atoms with Gasteiger partial charge in [-0.05, 0) is 38.1 Å². The SMILES string of the molecule is CCN(C(=O)[C@H](C)OC(=O)c1ccc(OC)c(OC)c1OC)c1ccccc1. The Hall–Kier alpha value is -3.22. The molecule has 0 saturated carbocycles. The number of amides is 1. The maximum absolute atomic E-state index is 12.8. The fourth-order valence-electron chi connectivity index (χ4n) is 2.83. The van der Waals surface area contributed by atoms with Crippen LogP contribution in [0, 0.1) is 0 Å². The first-order valence-electron chi connectivity index (χ1n) is 8.84. The molecule has 0 aliphatic rings. The first-order valence-corrected chi connectivity index (χ1v) is 8.84. The molecule has 0 N–H and O–H groups in total. The van der Waals surface area contributed by atoms with Crippen LogP contribution in [0.5, 0.6) is 17.2 Å². The number of likely N-dealkylation sites (N-methyl/N-ethyl adjacent to an activating group) is 1. The van der Waals surface area contributed by atoms with Crippen LogP contribution in [0.4, 0.5) is 5.69 Å². The molecule has 0 aliphatic heterocycles. The Labute approximate surface area is 164 Å². The Bertz CT molecular complexity index is 821. The van der Waals surface area contributed by atoms with Crippen molar-refractivity contribution in [3.05, 3.63) is 48.0 Å². The van der Waals surface area contributed by atoms with E-state index in [1.165, 1.54) is 27.4 Å². The van der Waals surface area contributed by atoms with Crippen LogP contribution in [0.1, 0.15) is 24.2 Å². The van der Waals surface area contributed by atoms with Gasteiger partial charge in [0.25, 0.3) is 5.91 Å². The van der Waals surface area contributed by atoms with E-state index in [4.69, 9.17) is 18.9 Å². The first-order chi connectivity index (χ1) is 13.5. The Morgan fingerprint density at radius 1 is 0.929 bits per heavy atom. The van der Waals surface area contributed by atoms with Gasteiger partial charge in [-0.1, -0.05) is 18.2 Å². The Morgan fingerprint density at radius 3 is 2.11 bits per heavy atom. The topological polar surface area (TPSA) is 74.3 Å². The van der Waals surface area contributed by atoms with Crippen molar-refractivity contribution >= 4 is 17.6 Å². The number of hydrogen-bond donors (Lipinski definition) is 0. The highest BCUT2D eigenvalue weighted by molar-refractivity contribution is 6.00.